The summed E-state index contributed by atoms with van der Waals surface area (Å²) < 4.78 is 23.4. The Morgan fingerprint density at radius 1 is 0.493 bits per heavy atom. The van der Waals surface area contributed by atoms with Crippen LogP contribution in [0.1, 0.15) is 290 Å². The van der Waals surface area contributed by atoms with Crippen LogP contribution in [0.3, 0.4) is 0 Å². The number of unbranched alkanes of at least 4 members (excludes halogenated alkanes) is 36. The Morgan fingerprint density at radius 2 is 0.836 bits per heavy atom. The topological polar surface area (TPSA) is 108 Å². The number of phosphoric acid groups is 1. The van der Waals surface area contributed by atoms with E-state index in [-0.39, 0.29) is 19.1 Å². The van der Waals surface area contributed by atoms with E-state index in [1.807, 2.05) is 27.2 Å². The van der Waals surface area contributed by atoms with Crippen LogP contribution in [0.5, 0.6) is 0 Å². The molecule has 1 amide bonds. The van der Waals surface area contributed by atoms with E-state index >= 15 is 0 Å². The maximum atomic E-state index is 13.0. The normalized spacial score (nSPS) is 14.2. The highest BCUT2D eigenvalue weighted by Crippen LogP contribution is 2.38. The molecule has 428 valence electrons. The van der Waals surface area contributed by atoms with Gasteiger partial charge in [-0.05, 0) is 57.8 Å². The van der Waals surface area contributed by atoms with Gasteiger partial charge in [-0.25, -0.2) is 0 Å². The van der Waals surface area contributed by atoms with E-state index in [0.717, 1.165) is 64.2 Å². The molecule has 0 aliphatic carbocycles. The Bertz CT molecular complexity index is 1370. The summed E-state index contributed by atoms with van der Waals surface area (Å²) in [6.07, 6.45) is 74.5. The van der Waals surface area contributed by atoms with E-state index in [0.29, 0.717) is 17.4 Å². The molecule has 2 N–H and O–H groups in total. The van der Waals surface area contributed by atoms with Crippen molar-refractivity contribution in [1.29, 1.82) is 0 Å². The maximum Gasteiger partial charge on any atom is 0.268 e. The molecule has 0 heterocycles. The standard InChI is InChI=1S/C64H121N2O6P/c1-6-8-10-12-14-16-18-20-22-24-26-27-28-29-30-31-32-33-34-35-36-37-38-39-40-42-44-46-48-50-52-54-56-58-64(68)65-62(61-72-73(69,70)71-60-59-66(3,4)5)63(67)57-55-53-51-49-47-45-43-41-25-23-21-19-17-15-13-11-9-7-2/h8,10,14,16,20,22,26-27,55,57,62-63,67H,6-7,9,11-13,15,17-19,21,23-25,28-54,56,58-61H2,1-5H3,(H-,65,68,69,70)/b10-8-,16-14-,22-20-,27-26-,57-55+. The highest BCUT2D eigenvalue weighted by Gasteiger charge is 2.23. The van der Waals surface area contributed by atoms with Gasteiger partial charge in [0, 0.05) is 6.42 Å². The first kappa shape index (κ1) is 71.2. The molecule has 9 heteroatoms. The second-order valence-electron chi connectivity index (χ2n) is 22.4. The van der Waals surface area contributed by atoms with E-state index in [1.54, 1.807) is 6.08 Å². The molecule has 0 rings (SSSR count). The third-order valence-electron chi connectivity index (χ3n) is 14.0. The number of likely N-dealkylation sites (N-methyl/N-ethyl adjacent to an activating group) is 1. The Morgan fingerprint density at radius 3 is 1.22 bits per heavy atom. The van der Waals surface area contributed by atoms with Gasteiger partial charge in [-0.3, -0.25) is 9.36 Å². The van der Waals surface area contributed by atoms with E-state index in [2.05, 4.69) is 67.8 Å². The van der Waals surface area contributed by atoms with Crippen molar-refractivity contribution in [2.45, 2.75) is 302 Å². The van der Waals surface area contributed by atoms with Gasteiger partial charge in [-0.2, -0.15) is 0 Å². The summed E-state index contributed by atoms with van der Waals surface area (Å²) in [5.41, 5.74) is 0. The Kier molecular flexibility index (Phi) is 53.6. The van der Waals surface area contributed by atoms with Crippen molar-refractivity contribution < 1.29 is 32.9 Å². The second-order valence-corrected chi connectivity index (χ2v) is 23.8. The third kappa shape index (κ3) is 57.7. The average Bonchev–Trinajstić information content (AvgIpc) is 3.35. The third-order valence-corrected chi connectivity index (χ3v) is 14.9. The zero-order valence-electron chi connectivity index (χ0n) is 48.8. The summed E-state index contributed by atoms with van der Waals surface area (Å²) in [5.74, 6) is -0.194. The lowest BCUT2D eigenvalue weighted by atomic mass is 10.0. The molecule has 0 saturated heterocycles. The van der Waals surface area contributed by atoms with Crippen molar-refractivity contribution in [2.24, 2.45) is 0 Å². The number of nitrogens with one attached hydrogen (secondary N) is 1. The van der Waals surface area contributed by atoms with Gasteiger partial charge in [0.25, 0.3) is 7.82 Å². The lowest BCUT2D eigenvalue weighted by Crippen LogP contribution is -2.45. The number of allylic oxidation sites excluding steroid dienone is 9. The molecular formula is C64H121N2O6P. The van der Waals surface area contributed by atoms with Gasteiger partial charge in [0.2, 0.25) is 5.91 Å². The van der Waals surface area contributed by atoms with Crippen LogP contribution in [0, 0.1) is 0 Å². The fourth-order valence-electron chi connectivity index (χ4n) is 9.15. The summed E-state index contributed by atoms with van der Waals surface area (Å²) in [6.45, 7) is 4.57. The number of rotatable bonds is 57. The first-order chi connectivity index (χ1) is 35.5. The van der Waals surface area contributed by atoms with Gasteiger partial charge >= 0.3 is 0 Å². The van der Waals surface area contributed by atoms with Crippen LogP contribution in [0.15, 0.2) is 60.8 Å². The second kappa shape index (κ2) is 55.0. The number of hydrogen-bond acceptors (Lipinski definition) is 6. The highest BCUT2D eigenvalue weighted by molar-refractivity contribution is 7.45. The molecule has 0 radical (unpaired) electrons. The van der Waals surface area contributed by atoms with Crippen LogP contribution in [0.2, 0.25) is 0 Å². The lowest BCUT2D eigenvalue weighted by molar-refractivity contribution is -0.870. The van der Waals surface area contributed by atoms with Crippen molar-refractivity contribution in [1.82, 2.24) is 5.32 Å². The number of nitrogens with zero attached hydrogens (tertiary/aromatic N) is 1. The predicted octanol–water partition coefficient (Wildman–Crippen LogP) is 18.6. The number of phosphoric ester groups is 1. The number of quaternary nitrogens is 1. The summed E-state index contributed by atoms with van der Waals surface area (Å²) in [7, 11) is 1.27. The van der Waals surface area contributed by atoms with E-state index in [9.17, 15) is 19.4 Å². The molecular weight excluding hydrogens is 924 g/mol. The molecule has 0 aliphatic rings. The van der Waals surface area contributed by atoms with Crippen LogP contribution in [-0.2, 0) is 18.4 Å². The SMILES string of the molecule is CC/C=C\C/C=C\C/C=C\C/C=C\CCCCCCCCCCCCCCCCCCCCCCC(=O)NC(COP(=O)([O-])OCC[N+](C)(C)C)C(O)/C=C/CCCCCCCCCCCCCCCCCC. The number of aliphatic hydroxyl groups is 1. The van der Waals surface area contributed by atoms with Gasteiger partial charge in [0.05, 0.1) is 39.9 Å². The number of carbonyl (C=O) groups excluding carboxylic acids is 1. The summed E-state index contributed by atoms with van der Waals surface area (Å²) >= 11 is 0. The molecule has 0 bridgehead atoms. The van der Waals surface area contributed by atoms with E-state index in [4.69, 9.17) is 9.05 Å². The molecule has 0 aromatic heterocycles. The molecule has 0 fully saturated rings. The zero-order valence-corrected chi connectivity index (χ0v) is 49.7. The fourth-order valence-corrected chi connectivity index (χ4v) is 9.87. The molecule has 3 unspecified atom stereocenters. The van der Waals surface area contributed by atoms with Gasteiger partial charge in [-0.15, -0.1) is 0 Å². The van der Waals surface area contributed by atoms with Crippen molar-refractivity contribution in [3.8, 4) is 0 Å². The van der Waals surface area contributed by atoms with Crippen LogP contribution in [0.25, 0.3) is 0 Å². The van der Waals surface area contributed by atoms with E-state index < -0.39 is 20.0 Å². The Labute approximate surface area is 453 Å². The average molecular weight is 1050 g/mol. The number of carbonyl (C=O) groups is 1. The molecule has 3 atom stereocenters. The van der Waals surface area contributed by atoms with Crippen LogP contribution in [-0.4, -0.2) is 68.5 Å². The van der Waals surface area contributed by atoms with Gasteiger partial charge in [-0.1, -0.05) is 286 Å². The monoisotopic (exact) mass is 1040 g/mol. The van der Waals surface area contributed by atoms with Gasteiger partial charge in [0.1, 0.15) is 13.2 Å². The van der Waals surface area contributed by atoms with Crippen molar-refractivity contribution in [3.63, 3.8) is 0 Å². The Hall–Kier alpha value is -1.80. The predicted molar refractivity (Wildman–Crippen MR) is 316 cm³/mol. The minimum atomic E-state index is -4.60. The smallest absolute Gasteiger partial charge is 0.268 e. The highest BCUT2D eigenvalue weighted by atomic mass is 31.2. The van der Waals surface area contributed by atoms with Crippen LogP contribution >= 0.6 is 7.82 Å². The molecule has 0 aromatic rings. The largest absolute Gasteiger partial charge is 0.756 e. The van der Waals surface area contributed by atoms with Crippen LogP contribution < -0.4 is 10.2 Å². The van der Waals surface area contributed by atoms with Crippen LogP contribution in [0.4, 0.5) is 0 Å². The quantitative estimate of drug-likeness (QED) is 0.0272. The number of aliphatic hydroxyl groups excluding tert-OH is 1. The lowest BCUT2D eigenvalue weighted by Gasteiger charge is -2.29. The van der Waals surface area contributed by atoms with Crippen molar-refractivity contribution >= 4 is 13.7 Å². The molecule has 0 spiro atoms. The summed E-state index contributed by atoms with van der Waals surface area (Å²) in [5, 5.41) is 13.9. The van der Waals surface area contributed by atoms with Crippen molar-refractivity contribution in [3.05, 3.63) is 60.8 Å². The molecule has 8 nitrogen and oxygen atoms in total. The zero-order chi connectivity index (χ0) is 53.5. The van der Waals surface area contributed by atoms with Gasteiger partial charge in [0.15, 0.2) is 0 Å². The maximum absolute atomic E-state index is 13.0. The minimum Gasteiger partial charge on any atom is -0.756 e. The number of amides is 1. The number of hydrogen-bond donors (Lipinski definition) is 2. The van der Waals surface area contributed by atoms with Crippen molar-refractivity contribution in [2.75, 3.05) is 40.9 Å². The van der Waals surface area contributed by atoms with E-state index in [1.165, 1.54) is 205 Å². The first-order valence-corrected chi connectivity index (χ1v) is 32.6. The first-order valence-electron chi connectivity index (χ1n) is 31.2. The fraction of sp³-hybridized carbons (Fsp3) is 0.828. The molecule has 0 aliphatic heterocycles. The molecule has 0 saturated carbocycles. The molecule has 0 aromatic carbocycles. The molecule has 73 heavy (non-hydrogen) atoms. The summed E-state index contributed by atoms with van der Waals surface area (Å²) in [6, 6.07) is -0.887. The summed E-state index contributed by atoms with van der Waals surface area (Å²) in [4.78, 5) is 25.5. The minimum absolute atomic E-state index is 0.000397. The Balaban J connectivity index is 4.05. The van der Waals surface area contributed by atoms with Gasteiger partial charge < -0.3 is 28.8 Å².